The zero-order valence-corrected chi connectivity index (χ0v) is 10.3. The molecule has 18 heavy (non-hydrogen) atoms. The summed E-state index contributed by atoms with van der Waals surface area (Å²) in [6.07, 6.45) is -4.04. The van der Waals surface area contributed by atoms with Gasteiger partial charge >= 0.3 is 6.18 Å². The molecule has 2 N–H and O–H groups in total. The van der Waals surface area contributed by atoms with Gasteiger partial charge < -0.3 is 10.6 Å². The molecule has 0 bridgehead atoms. The standard InChI is InChI=1S/C12H16F4N2/c1-8(17)6-9-4-3-5-10(13)11(9)18(2)7-12(14,15)16/h3-5,8H,6-7,17H2,1-2H3. The van der Waals surface area contributed by atoms with Crippen LogP contribution in [0.4, 0.5) is 23.2 Å². The SMILES string of the molecule is CC(N)Cc1cccc(F)c1N(C)CC(F)(F)F. The average Bonchev–Trinajstić information content (AvgIpc) is 2.13. The first-order chi connectivity index (χ1) is 8.20. The van der Waals surface area contributed by atoms with Crippen LogP contribution in [0.1, 0.15) is 12.5 Å². The normalized spacial score (nSPS) is 13.5. The molecular formula is C12H16F4N2. The third-order valence-electron chi connectivity index (χ3n) is 2.41. The third-order valence-corrected chi connectivity index (χ3v) is 2.41. The molecule has 1 rings (SSSR count). The Kier molecular flexibility index (Phi) is 4.56. The molecule has 0 radical (unpaired) electrons. The van der Waals surface area contributed by atoms with E-state index in [4.69, 9.17) is 5.73 Å². The van der Waals surface area contributed by atoms with Gasteiger partial charge in [-0.2, -0.15) is 13.2 Å². The van der Waals surface area contributed by atoms with Crippen LogP contribution in [0.3, 0.4) is 0 Å². The summed E-state index contributed by atoms with van der Waals surface area (Å²) in [7, 11) is 1.22. The zero-order valence-electron chi connectivity index (χ0n) is 10.3. The highest BCUT2D eigenvalue weighted by Gasteiger charge is 2.31. The van der Waals surface area contributed by atoms with E-state index < -0.39 is 18.5 Å². The maximum Gasteiger partial charge on any atom is 0.405 e. The van der Waals surface area contributed by atoms with Crippen LogP contribution in [0.15, 0.2) is 18.2 Å². The average molecular weight is 264 g/mol. The highest BCUT2D eigenvalue weighted by Crippen LogP contribution is 2.27. The van der Waals surface area contributed by atoms with E-state index in [0.717, 1.165) is 11.0 Å². The molecule has 0 aromatic heterocycles. The Labute approximate surface area is 103 Å². The van der Waals surface area contributed by atoms with Crippen molar-refractivity contribution in [2.45, 2.75) is 25.6 Å². The molecule has 0 heterocycles. The Morgan fingerprint density at radius 1 is 1.33 bits per heavy atom. The molecule has 1 aromatic carbocycles. The van der Waals surface area contributed by atoms with Crippen LogP contribution >= 0.6 is 0 Å². The van der Waals surface area contributed by atoms with Crippen LogP contribution in [-0.2, 0) is 6.42 Å². The predicted octanol–water partition coefficient (Wildman–Crippen LogP) is 2.71. The molecule has 0 aliphatic rings. The molecule has 0 saturated heterocycles. The Morgan fingerprint density at radius 3 is 2.44 bits per heavy atom. The van der Waals surface area contributed by atoms with Gasteiger partial charge in [0.1, 0.15) is 12.4 Å². The first kappa shape index (κ1) is 14.8. The van der Waals surface area contributed by atoms with Gasteiger partial charge in [-0.3, -0.25) is 0 Å². The van der Waals surface area contributed by atoms with Crippen molar-refractivity contribution in [1.82, 2.24) is 0 Å². The Balaban J connectivity index is 3.05. The number of nitrogens with two attached hydrogens (primary N) is 1. The molecule has 0 saturated carbocycles. The number of halogens is 4. The first-order valence-electron chi connectivity index (χ1n) is 5.51. The third kappa shape index (κ3) is 4.18. The molecule has 102 valence electrons. The second kappa shape index (κ2) is 5.56. The largest absolute Gasteiger partial charge is 0.405 e. The van der Waals surface area contributed by atoms with E-state index in [0.29, 0.717) is 12.0 Å². The molecule has 2 nitrogen and oxygen atoms in total. The number of nitrogens with zero attached hydrogens (tertiary/aromatic N) is 1. The van der Waals surface area contributed by atoms with Crippen molar-refractivity contribution in [1.29, 1.82) is 0 Å². The van der Waals surface area contributed by atoms with Gasteiger partial charge in [-0.15, -0.1) is 0 Å². The monoisotopic (exact) mass is 264 g/mol. The fourth-order valence-corrected chi connectivity index (χ4v) is 1.85. The molecule has 0 fully saturated rings. The lowest BCUT2D eigenvalue weighted by Crippen LogP contribution is -2.32. The summed E-state index contributed by atoms with van der Waals surface area (Å²) in [5.74, 6) is -0.667. The van der Waals surface area contributed by atoms with Crippen molar-refractivity contribution in [3.63, 3.8) is 0 Å². The lowest BCUT2D eigenvalue weighted by Gasteiger charge is -2.24. The highest BCUT2D eigenvalue weighted by atomic mass is 19.4. The van der Waals surface area contributed by atoms with Crippen LogP contribution in [0.25, 0.3) is 0 Å². The highest BCUT2D eigenvalue weighted by molar-refractivity contribution is 5.54. The molecule has 0 amide bonds. The maximum absolute atomic E-state index is 13.7. The molecule has 1 unspecified atom stereocenters. The quantitative estimate of drug-likeness (QED) is 0.847. The molecule has 0 aliphatic heterocycles. The number of rotatable bonds is 4. The van der Waals surface area contributed by atoms with E-state index in [2.05, 4.69) is 0 Å². The summed E-state index contributed by atoms with van der Waals surface area (Å²) in [4.78, 5) is 0.868. The summed E-state index contributed by atoms with van der Waals surface area (Å²) < 4.78 is 50.7. The summed E-state index contributed by atoms with van der Waals surface area (Å²) >= 11 is 0. The Bertz CT molecular complexity index is 402. The van der Waals surface area contributed by atoms with Crippen molar-refractivity contribution in [2.24, 2.45) is 5.73 Å². The van der Waals surface area contributed by atoms with Gasteiger partial charge in [0.05, 0.1) is 5.69 Å². The predicted molar refractivity (Wildman–Crippen MR) is 63.1 cm³/mol. The van der Waals surface area contributed by atoms with Crippen molar-refractivity contribution < 1.29 is 17.6 Å². The number of para-hydroxylation sites is 1. The van der Waals surface area contributed by atoms with Crippen LogP contribution < -0.4 is 10.6 Å². The fraction of sp³-hybridized carbons (Fsp3) is 0.500. The lowest BCUT2D eigenvalue weighted by molar-refractivity contribution is -0.119. The van der Waals surface area contributed by atoms with Crippen molar-refractivity contribution in [3.8, 4) is 0 Å². The van der Waals surface area contributed by atoms with Crippen molar-refractivity contribution >= 4 is 5.69 Å². The molecule has 0 aliphatic carbocycles. The first-order valence-corrected chi connectivity index (χ1v) is 5.51. The molecular weight excluding hydrogens is 248 g/mol. The lowest BCUT2D eigenvalue weighted by atomic mass is 10.0. The van der Waals surface area contributed by atoms with Gasteiger partial charge in [0, 0.05) is 13.1 Å². The minimum Gasteiger partial charge on any atom is -0.363 e. The van der Waals surface area contributed by atoms with E-state index in [1.54, 1.807) is 13.0 Å². The van der Waals surface area contributed by atoms with E-state index >= 15 is 0 Å². The van der Waals surface area contributed by atoms with Crippen molar-refractivity contribution in [3.05, 3.63) is 29.6 Å². The van der Waals surface area contributed by atoms with Gasteiger partial charge in [0.15, 0.2) is 0 Å². The van der Waals surface area contributed by atoms with Gasteiger partial charge in [-0.05, 0) is 25.0 Å². The van der Waals surface area contributed by atoms with Gasteiger partial charge in [-0.25, -0.2) is 4.39 Å². The molecule has 6 heteroatoms. The number of hydrogen-bond donors (Lipinski definition) is 1. The molecule has 0 spiro atoms. The van der Waals surface area contributed by atoms with E-state index in [1.807, 2.05) is 0 Å². The second-order valence-corrected chi connectivity index (χ2v) is 4.40. The number of alkyl halides is 3. The Morgan fingerprint density at radius 2 is 1.94 bits per heavy atom. The van der Waals surface area contributed by atoms with Crippen LogP contribution in [0, 0.1) is 5.82 Å². The summed E-state index contributed by atoms with van der Waals surface area (Å²) in [5.41, 5.74) is 6.06. The van der Waals surface area contributed by atoms with Crippen LogP contribution in [-0.4, -0.2) is 25.8 Å². The Hall–Kier alpha value is -1.30. The fourth-order valence-electron chi connectivity index (χ4n) is 1.85. The van der Waals surface area contributed by atoms with Gasteiger partial charge in [-0.1, -0.05) is 12.1 Å². The van der Waals surface area contributed by atoms with E-state index in [1.165, 1.54) is 13.1 Å². The summed E-state index contributed by atoms with van der Waals surface area (Å²) in [6, 6.07) is 3.96. The maximum atomic E-state index is 13.7. The smallest absolute Gasteiger partial charge is 0.363 e. The van der Waals surface area contributed by atoms with Crippen LogP contribution in [0.5, 0.6) is 0 Å². The van der Waals surface area contributed by atoms with Crippen molar-refractivity contribution in [2.75, 3.05) is 18.5 Å². The zero-order chi connectivity index (χ0) is 13.9. The summed E-state index contributed by atoms with van der Waals surface area (Å²) in [6.45, 7) is 0.526. The van der Waals surface area contributed by atoms with Crippen LogP contribution in [0.2, 0.25) is 0 Å². The topological polar surface area (TPSA) is 29.3 Å². The van der Waals surface area contributed by atoms with Gasteiger partial charge in [0.2, 0.25) is 0 Å². The minimum atomic E-state index is -4.37. The number of hydrogen-bond acceptors (Lipinski definition) is 2. The van der Waals surface area contributed by atoms with E-state index in [-0.39, 0.29) is 11.7 Å². The second-order valence-electron chi connectivity index (χ2n) is 4.40. The van der Waals surface area contributed by atoms with Gasteiger partial charge in [0.25, 0.3) is 0 Å². The molecule has 1 aromatic rings. The number of anilines is 1. The molecule has 1 atom stereocenters. The van der Waals surface area contributed by atoms with E-state index in [9.17, 15) is 17.6 Å². The minimum absolute atomic E-state index is 0.0351. The summed E-state index contributed by atoms with van der Waals surface area (Å²) in [5, 5.41) is 0. The number of benzene rings is 1.